The van der Waals surface area contributed by atoms with Gasteiger partial charge in [-0.25, -0.2) is 10.2 Å². The lowest BCUT2D eigenvalue weighted by atomic mass is 10.2. The quantitative estimate of drug-likeness (QED) is 0.615. The predicted octanol–water partition coefficient (Wildman–Crippen LogP) is 3.90. The minimum Gasteiger partial charge on any atom is -0.493 e. The molecule has 7 heteroatoms. The highest BCUT2D eigenvalue weighted by atomic mass is 35.5. The number of hydrogen-bond acceptors (Lipinski definition) is 4. The summed E-state index contributed by atoms with van der Waals surface area (Å²) in [6.45, 7) is 2.34. The third-order valence-electron chi connectivity index (χ3n) is 2.95. The molecule has 0 saturated heterocycles. The second kappa shape index (κ2) is 8.79. The molecule has 0 unspecified atom stereocenters. The molecule has 126 valence electrons. The van der Waals surface area contributed by atoms with E-state index < -0.39 is 6.03 Å². The number of nitrogens with one attached hydrogen (secondary N) is 2. The monoisotopic (exact) mass is 347 g/mol. The molecule has 0 aliphatic carbocycles. The van der Waals surface area contributed by atoms with Gasteiger partial charge < -0.3 is 14.8 Å². The number of nitrogens with zero attached hydrogens (tertiary/aromatic N) is 1. The van der Waals surface area contributed by atoms with Crippen molar-refractivity contribution in [1.82, 2.24) is 5.43 Å². The van der Waals surface area contributed by atoms with Crippen molar-refractivity contribution in [2.24, 2.45) is 5.10 Å². The average molecular weight is 348 g/mol. The Hall–Kier alpha value is -2.73. The van der Waals surface area contributed by atoms with Crippen LogP contribution in [0.25, 0.3) is 0 Å². The van der Waals surface area contributed by atoms with E-state index in [0.29, 0.717) is 34.4 Å². The van der Waals surface area contributed by atoms with Crippen molar-refractivity contribution in [2.75, 3.05) is 19.0 Å². The number of ether oxygens (including phenoxy) is 2. The van der Waals surface area contributed by atoms with Crippen molar-refractivity contribution < 1.29 is 14.3 Å². The number of methoxy groups -OCH3 is 1. The van der Waals surface area contributed by atoms with Gasteiger partial charge in [0.2, 0.25) is 0 Å². The normalized spacial score (nSPS) is 10.5. The Morgan fingerprint density at radius 3 is 2.71 bits per heavy atom. The molecule has 0 fully saturated rings. The van der Waals surface area contributed by atoms with Crippen LogP contribution in [0.2, 0.25) is 5.02 Å². The lowest BCUT2D eigenvalue weighted by molar-refractivity contribution is 0.252. The van der Waals surface area contributed by atoms with Crippen LogP contribution in [0.1, 0.15) is 12.5 Å². The Balaban J connectivity index is 2.01. The molecule has 0 radical (unpaired) electrons. The largest absolute Gasteiger partial charge is 0.493 e. The second-order valence-electron chi connectivity index (χ2n) is 4.66. The fraction of sp³-hybridized carbons (Fsp3) is 0.176. The van der Waals surface area contributed by atoms with E-state index in [-0.39, 0.29) is 0 Å². The summed E-state index contributed by atoms with van der Waals surface area (Å²) in [5.74, 6) is 0.980. The molecule has 0 heterocycles. The molecule has 24 heavy (non-hydrogen) atoms. The highest BCUT2D eigenvalue weighted by molar-refractivity contribution is 6.32. The number of carbonyl (C=O) groups excluding carboxylic acids is 1. The summed E-state index contributed by atoms with van der Waals surface area (Å²) in [4.78, 5) is 11.7. The Labute approximate surface area is 145 Å². The average Bonchev–Trinajstić information content (AvgIpc) is 2.58. The van der Waals surface area contributed by atoms with Gasteiger partial charge in [0.25, 0.3) is 0 Å². The fourth-order valence-corrected chi connectivity index (χ4v) is 2.22. The van der Waals surface area contributed by atoms with Crippen LogP contribution >= 0.6 is 11.6 Å². The number of rotatable bonds is 6. The van der Waals surface area contributed by atoms with E-state index in [1.807, 2.05) is 25.1 Å². The molecule has 0 aromatic heterocycles. The minimum absolute atomic E-state index is 0.409. The highest BCUT2D eigenvalue weighted by Crippen LogP contribution is 2.35. The van der Waals surface area contributed by atoms with Crippen LogP contribution in [-0.4, -0.2) is 26.0 Å². The van der Waals surface area contributed by atoms with Gasteiger partial charge in [0.05, 0.1) is 25.0 Å². The lowest BCUT2D eigenvalue weighted by Gasteiger charge is -2.11. The molecule has 2 N–H and O–H groups in total. The van der Waals surface area contributed by atoms with Crippen molar-refractivity contribution in [3.63, 3.8) is 0 Å². The molecule has 2 amide bonds. The maximum Gasteiger partial charge on any atom is 0.339 e. The summed E-state index contributed by atoms with van der Waals surface area (Å²) in [7, 11) is 1.53. The van der Waals surface area contributed by atoms with Crippen molar-refractivity contribution >= 4 is 29.5 Å². The van der Waals surface area contributed by atoms with E-state index in [9.17, 15) is 4.79 Å². The summed E-state index contributed by atoms with van der Waals surface area (Å²) in [6, 6.07) is 12.0. The molecule has 2 rings (SSSR count). The summed E-state index contributed by atoms with van der Waals surface area (Å²) >= 11 is 6.17. The Kier molecular flexibility index (Phi) is 6.45. The molecule has 0 spiro atoms. The minimum atomic E-state index is -0.443. The van der Waals surface area contributed by atoms with E-state index in [1.165, 1.54) is 13.3 Å². The van der Waals surface area contributed by atoms with Crippen LogP contribution < -0.4 is 20.2 Å². The zero-order valence-electron chi connectivity index (χ0n) is 13.4. The molecule has 0 bridgehead atoms. The number of anilines is 1. The number of amides is 2. The number of carbonyl (C=O) groups is 1. The van der Waals surface area contributed by atoms with Crippen LogP contribution in [-0.2, 0) is 0 Å². The molecule has 6 nitrogen and oxygen atoms in total. The Morgan fingerprint density at radius 2 is 2.04 bits per heavy atom. The van der Waals surface area contributed by atoms with Gasteiger partial charge in [-0.3, -0.25) is 0 Å². The summed E-state index contributed by atoms with van der Waals surface area (Å²) in [5, 5.41) is 6.95. The first-order valence-electron chi connectivity index (χ1n) is 7.29. The van der Waals surface area contributed by atoms with Gasteiger partial charge in [0.15, 0.2) is 11.5 Å². The van der Waals surface area contributed by atoms with Gasteiger partial charge in [0, 0.05) is 5.69 Å². The fourth-order valence-electron chi connectivity index (χ4n) is 1.94. The number of benzene rings is 2. The van der Waals surface area contributed by atoms with Crippen LogP contribution in [0.3, 0.4) is 0 Å². The molecule has 0 aliphatic heterocycles. The van der Waals surface area contributed by atoms with E-state index in [2.05, 4.69) is 15.8 Å². The van der Waals surface area contributed by atoms with Crippen LogP contribution in [0.5, 0.6) is 11.5 Å². The summed E-state index contributed by atoms with van der Waals surface area (Å²) in [5.41, 5.74) is 3.72. The SMILES string of the molecule is CCOc1c(Cl)cc(/C=N/NC(=O)Nc2ccccc2)cc1OC. The molecular weight excluding hydrogens is 330 g/mol. The maximum atomic E-state index is 11.7. The number of para-hydroxylation sites is 1. The molecule has 0 atom stereocenters. The predicted molar refractivity (Wildman–Crippen MR) is 95.4 cm³/mol. The third-order valence-corrected chi connectivity index (χ3v) is 3.23. The van der Waals surface area contributed by atoms with Crippen LogP contribution in [0.4, 0.5) is 10.5 Å². The first kappa shape index (κ1) is 17.6. The smallest absolute Gasteiger partial charge is 0.339 e. The van der Waals surface area contributed by atoms with E-state index >= 15 is 0 Å². The number of halogens is 1. The summed E-state index contributed by atoms with van der Waals surface area (Å²) < 4.78 is 10.7. The highest BCUT2D eigenvalue weighted by Gasteiger charge is 2.10. The van der Waals surface area contributed by atoms with Gasteiger partial charge in [-0.05, 0) is 36.8 Å². The van der Waals surface area contributed by atoms with E-state index in [4.69, 9.17) is 21.1 Å². The number of hydrazone groups is 1. The zero-order valence-corrected chi connectivity index (χ0v) is 14.1. The number of hydrogen-bond donors (Lipinski definition) is 2. The van der Waals surface area contributed by atoms with Crippen molar-refractivity contribution in [2.45, 2.75) is 6.92 Å². The van der Waals surface area contributed by atoms with Gasteiger partial charge in [-0.1, -0.05) is 29.8 Å². The standard InChI is InChI=1S/C17H18ClN3O3/c1-3-24-16-14(18)9-12(10-15(16)23-2)11-19-21-17(22)20-13-7-5-4-6-8-13/h4-11H,3H2,1-2H3,(H2,20,21,22)/b19-11+. The number of urea groups is 1. The van der Waals surface area contributed by atoms with Crippen LogP contribution in [0, 0.1) is 0 Å². The molecule has 0 aliphatic rings. The van der Waals surface area contributed by atoms with Gasteiger partial charge in [0.1, 0.15) is 0 Å². The Bertz CT molecular complexity index is 721. The van der Waals surface area contributed by atoms with Crippen molar-refractivity contribution in [1.29, 1.82) is 0 Å². The van der Waals surface area contributed by atoms with E-state index in [0.717, 1.165) is 0 Å². The first-order valence-corrected chi connectivity index (χ1v) is 7.67. The van der Waals surface area contributed by atoms with Crippen molar-refractivity contribution in [3.8, 4) is 11.5 Å². The topological polar surface area (TPSA) is 72.0 Å². The maximum absolute atomic E-state index is 11.7. The Morgan fingerprint density at radius 1 is 1.29 bits per heavy atom. The molecule has 2 aromatic rings. The van der Waals surface area contributed by atoms with Gasteiger partial charge >= 0.3 is 6.03 Å². The molecular formula is C17H18ClN3O3. The lowest BCUT2D eigenvalue weighted by Crippen LogP contribution is -2.24. The molecule has 2 aromatic carbocycles. The summed E-state index contributed by atoms with van der Waals surface area (Å²) in [6.07, 6.45) is 1.47. The van der Waals surface area contributed by atoms with E-state index in [1.54, 1.807) is 24.3 Å². The van der Waals surface area contributed by atoms with Crippen LogP contribution in [0.15, 0.2) is 47.6 Å². The van der Waals surface area contributed by atoms with Gasteiger partial charge in [-0.2, -0.15) is 5.10 Å². The van der Waals surface area contributed by atoms with Gasteiger partial charge in [-0.15, -0.1) is 0 Å². The third kappa shape index (κ3) is 4.89. The second-order valence-corrected chi connectivity index (χ2v) is 5.06. The zero-order chi connectivity index (χ0) is 17.4. The first-order chi connectivity index (χ1) is 11.6. The molecule has 0 saturated carbocycles. The van der Waals surface area contributed by atoms with Crippen molar-refractivity contribution in [3.05, 3.63) is 53.1 Å².